The van der Waals surface area contributed by atoms with Crippen molar-refractivity contribution >= 4 is 23.2 Å². The molecular formula is C21H17NS. The Hall–Kier alpha value is -2.32. The van der Waals surface area contributed by atoms with Crippen molar-refractivity contribution in [1.82, 2.24) is 0 Å². The largest absolute Gasteiger partial charge is 0.252 e. The SMILES string of the molecule is c1ccc(C2=Nc3ccccc3S[C@@H](c3ccccc3)C2)cc1. The molecule has 23 heavy (non-hydrogen) atoms. The average molecular weight is 315 g/mol. The highest BCUT2D eigenvalue weighted by atomic mass is 32.2. The van der Waals surface area contributed by atoms with Crippen LogP contribution in [0.4, 0.5) is 5.69 Å². The van der Waals surface area contributed by atoms with Gasteiger partial charge in [-0.15, -0.1) is 11.8 Å². The Morgan fingerprint density at radius 3 is 2.17 bits per heavy atom. The molecule has 1 aliphatic heterocycles. The highest BCUT2D eigenvalue weighted by Gasteiger charge is 2.22. The molecule has 0 radical (unpaired) electrons. The first kappa shape index (κ1) is 14.3. The first-order valence-electron chi connectivity index (χ1n) is 7.84. The van der Waals surface area contributed by atoms with E-state index in [0.717, 1.165) is 17.8 Å². The molecule has 1 nitrogen and oxygen atoms in total. The van der Waals surface area contributed by atoms with Crippen LogP contribution in [0.3, 0.4) is 0 Å². The molecule has 1 aliphatic rings. The van der Waals surface area contributed by atoms with E-state index in [1.165, 1.54) is 16.0 Å². The van der Waals surface area contributed by atoms with Gasteiger partial charge in [-0.25, -0.2) is 0 Å². The topological polar surface area (TPSA) is 12.4 Å². The Labute approximate surface area is 141 Å². The lowest BCUT2D eigenvalue weighted by atomic mass is 10.0. The van der Waals surface area contributed by atoms with Gasteiger partial charge in [0.2, 0.25) is 0 Å². The van der Waals surface area contributed by atoms with Crippen molar-refractivity contribution in [3.63, 3.8) is 0 Å². The summed E-state index contributed by atoms with van der Waals surface area (Å²) < 4.78 is 0. The fraction of sp³-hybridized carbons (Fsp3) is 0.0952. The van der Waals surface area contributed by atoms with Crippen LogP contribution in [0.2, 0.25) is 0 Å². The zero-order chi connectivity index (χ0) is 15.5. The number of thioether (sulfide) groups is 1. The average Bonchev–Trinajstić information content (AvgIpc) is 2.83. The Kier molecular flexibility index (Phi) is 3.99. The summed E-state index contributed by atoms with van der Waals surface area (Å²) in [6.45, 7) is 0. The summed E-state index contributed by atoms with van der Waals surface area (Å²) in [7, 11) is 0. The smallest absolute Gasteiger partial charge is 0.0769 e. The van der Waals surface area contributed by atoms with Crippen molar-refractivity contribution in [2.24, 2.45) is 4.99 Å². The van der Waals surface area contributed by atoms with Gasteiger partial charge in [-0.05, 0) is 23.3 Å². The first-order chi connectivity index (χ1) is 11.4. The Morgan fingerprint density at radius 1 is 0.739 bits per heavy atom. The zero-order valence-electron chi connectivity index (χ0n) is 12.7. The highest BCUT2D eigenvalue weighted by molar-refractivity contribution is 7.99. The number of hydrogen-bond acceptors (Lipinski definition) is 2. The van der Waals surface area contributed by atoms with Crippen LogP contribution in [-0.2, 0) is 0 Å². The van der Waals surface area contributed by atoms with Gasteiger partial charge in [-0.3, -0.25) is 4.99 Å². The molecule has 0 N–H and O–H groups in total. The van der Waals surface area contributed by atoms with Crippen molar-refractivity contribution in [1.29, 1.82) is 0 Å². The van der Waals surface area contributed by atoms with Gasteiger partial charge >= 0.3 is 0 Å². The fourth-order valence-corrected chi connectivity index (χ4v) is 4.11. The standard InChI is InChI=1S/C21H17NS/c1-3-9-16(10-4-1)19-15-21(17-11-5-2-6-12-17)23-20-14-8-7-13-18(20)22-19/h1-14,21H,15H2/t21-/m1/s1. The predicted molar refractivity (Wildman–Crippen MR) is 98.7 cm³/mol. The van der Waals surface area contributed by atoms with Crippen LogP contribution in [0.15, 0.2) is 94.8 Å². The summed E-state index contributed by atoms with van der Waals surface area (Å²) in [6, 6.07) is 29.7. The number of benzene rings is 3. The molecule has 0 bridgehead atoms. The van der Waals surface area contributed by atoms with Gasteiger partial charge in [0.15, 0.2) is 0 Å². The van der Waals surface area contributed by atoms with Crippen LogP contribution < -0.4 is 0 Å². The summed E-state index contributed by atoms with van der Waals surface area (Å²) in [5, 5.41) is 0.388. The third kappa shape index (κ3) is 3.08. The number of aliphatic imine (C=N–C) groups is 1. The highest BCUT2D eigenvalue weighted by Crippen LogP contribution is 2.45. The Balaban J connectivity index is 1.81. The van der Waals surface area contributed by atoms with E-state index >= 15 is 0 Å². The monoisotopic (exact) mass is 315 g/mol. The maximum Gasteiger partial charge on any atom is 0.0769 e. The molecule has 0 aromatic heterocycles. The van der Waals surface area contributed by atoms with Gasteiger partial charge in [0, 0.05) is 22.3 Å². The molecule has 2 heteroatoms. The molecule has 112 valence electrons. The summed E-state index contributed by atoms with van der Waals surface area (Å²) in [5.41, 5.74) is 4.82. The lowest BCUT2D eigenvalue weighted by Crippen LogP contribution is -2.05. The van der Waals surface area contributed by atoms with E-state index in [1.54, 1.807) is 0 Å². The number of para-hydroxylation sites is 1. The summed E-state index contributed by atoms with van der Waals surface area (Å²) in [5.74, 6) is 0. The maximum absolute atomic E-state index is 4.98. The van der Waals surface area contributed by atoms with Gasteiger partial charge in [0.05, 0.1) is 5.69 Å². The van der Waals surface area contributed by atoms with E-state index < -0.39 is 0 Å². The van der Waals surface area contributed by atoms with E-state index in [9.17, 15) is 0 Å². The van der Waals surface area contributed by atoms with Crippen LogP contribution in [0.1, 0.15) is 22.8 Å². The van der Waals surface area contributed by atoms with Crippen LogP contribution in [0.5, 0.6) is 0 Å². The van der Waals surface area contributed by atoms with E-state index in [2.05, 4.69) is 84.9 Å². The van der Waals surface area contributed by atoms with Crippen LogP contribution >= 0.6 is 11.8 Å². The lowest BCUT2D eigenvalue weighted by Gasteiger charge is -2.16. The van der Waals surface area contributed by atoms with Gasteiger partial charge in [0.25, 0.3) is 0 Å². The third-order valence-corrected chi connectivity index (χ3v) is 5.37. The van der Waals surface area contributed by atoms with Gasteiger partial charge in [-0.1, -0.05) is 72.8 Å². The fourth-order valence-electron chi connectivity index (χ4n) is 2.88. The van der Waals surface area contributed by atoms with Crippen molar-refractivity contribution < 1.29 is 0 Å². The maximum atomic E-state index is 4.98. The second kappa shape index (κ2) is 6.43. The number of rotatable bonds is 2. The van der Waals surface area contributed by atoms with Crippen molar-refractivity contribution in [3.05, 3.63) is 96.1 Å². The number of hydrogen-bond donors (Lipinski definition) is 0. The summed E-state index contributed by atoms with van der Waals surface area (Å²) in [4.78, 5) is 6.24. The molecule has 0 unspecified atom stereocenters. The third-order valence-electron chi connectivity index (χ3n) is 4.05. The molecule has 4 rings (SSSR count). The van der Waals surface area contributed by atoms with Crippen LogP contribution in [-0.4, -0.2) is 5.71 Å². The molecule has 1 atom stereocenters. The summed E-state index contributed by atoms with van der Waals surface area (Å²) in [6.07, 6.45) is 0.938. The number of nitrogens with zero attached hydrogens (tertiary/aromatic N) is 1. The number of fused-ring (bicyclic) bond motifs is 1. The molecule has 0 spiro atoms. The predicted octanol–water partition coefficient (Wildman–Crippen LogP) is 6.04. The molecule has 0 amide bonds. The molecule has 1 heterocycles. The van der Waals surface area contributed by atoms with Crippen LogP contribution in [0, 0.1) is 0 Å². The normalized spacial score (nSPS) is 17.0. The molecule has 0 aliphatic carbocycles. The summed E-state index contributed by atoms with van der Waals surface area (Å²) >= 11 is 1.91. The molecule has 0 fully saturated rings. The minimum atomic E-state index is 0.388. The molecule has 0 saturated heterocycles. The molecular weight excluding hydrogens is 298 g/mol. The second-order valence-corrected chi connectivity index (χ2v) is 6.86. The van der Waals surface area contributed by atoms with E-state index in [4.69, 9.17) is 4.99 Å². The first-order valence-corrected chi connectivity index (χ1v) is 8.72. The molecule has 0 saturated carbocycles. The van der Waals surface area contributed by atoms with E-state index in [-0.39, 0.29) is 0 Å². The van der Waals surface area contributed by atoms with E-state index in [1.807, 2.05) is 11.8 Å². The van der Waals surface area contributed by atoms with Gasteiger partial charge in [-0.2, -0.15) is 0 Å². The van der Waals surface area contributed by atoms with Gasteiger partial charge in [0.1, 0.15) is 0 Å². The van der Waals surface area contributed by atoms with Crippen molar-refractivity contribution in [3.8, 4) is 0 Å². The second-order valence-electron chi connectivity index (χ2n) is 5.61. The lowest BCUT2D eigenvalue weighted by molar-refractivity contribution is 1.01. The minimum Gasteiger partial charge on any atom is -0.252 e. The van der Waals surface area contributed by atoms with E-state index in [0.29, 0.717) is 5.25 Å². The van der Waals surface area contributed by atoms with Crippen molar-refractivity contribution in [2.75, 3.05) is 0 Å². The molecule has 3 aromatic rings. The molecule has 3 aromatic carbocycles. The zero-order valence-corrected chi connectivity index (χ0v) is 13.5. The van der Waals surface area contributed by atoms with Crippen molar-refractivity contribution in [2.45, 2.75) is 16.6 Å². The Morgan fingerprint density at radius 2 is 1.39 bits per heavy atom. The van der Waals surface area contributed by atoms with Crippen LogP contribution in [0.25, 0.3) is 0 Å². The minimum absolute atomic E-state index is 0.388. The quantitative estimate of drug-likeness (QED) is 0.561. The van der Waals surface area contributed by atoms with Gasteiger partial charge < -0.3 is 0 Å². The Bertz CT molecular complexity index is 825.